The number of amides is 2. The second kappa shape index (κ2) is 19.8. The molecule has 3 aromatic carbocycles. The Hall–Kier alpha value is -5.42. The third kappa shape index (κ3) is 10.6. The van der Waals surface area contributed by atoms with Crippen LogP contribution < -0.4 is 32.0 Å². The summed E-state index contributed by atoms with van der Waals surface area (Å²) in [6.07, 6.45) is -0.426. The molecule has 3 aromatic rings. The smallest absolute Gasteiger partial charge is 0.228 e. The normalized spacial score (nSPS) is 17.6. The van der Waals surface area contributed by atoms with Crippen molar-refractivity contribution >= 4 is 29.2 Å². The molecule has 2 amide bonds. The summed E-state index contributed by atoms with van der Waals surface area (Å²) in [5.41, 5.74) is 22.2. The number of nitriles is 1. The van der Waals surface area contributed by atoms with Crippen LogP contribution in [0.15, 0.2) is 54.6 Å². The van der Waals surface area contributed by atoms with Gasteiger partial charge in [0, 0.05) is 75.0 Å². The lowest BCUT2D eigenvalue weighted by Gasteiger charge is -2.32. The molecule has 7 N–H and O–H groups in total. The topological polar surface area (TPSA) is 221 Å². The second-order valence-corrected chi connectivity index (χ2v) is 14.1. The van der Waals surface area contributed by atoms with E-state index < -0.39 is 41.5 Å². The average Bonchev–Trinajstić information content (AvgIpc) is 3.16. The summed E-state index contributed by atoms with van der Waals surface area (Å²) in [5, 5.41) is 12.0. The molecular formula is C42H52N6O7. The third-order valence-corrected chi connectivity index (χ3v) is 9.78. The number of carbonyl (C=O) groups is 5. The van der Waals surface area contributed by atoms with Crippen LogP contribution in [0.25, 0.3) is 11.1 Å². The van der Waals surface area contributed by atoms with Gasteiger partial charge in [0.25, 0.3) is 0 Å². The molecule has 1 aliphatic heterocycles. The van der Waals surface area contributed by atoms with Gasteiger partial charge in [0.1, 0.15) is 30.8 Å². The van der Waals surface area contributed by atoms with Crippen molar-refractivity contribution in [2.24, 2.45) is 29.0 Å². The Bertz CT molecular complexity index is 1940. The lowest BCUT2D eigenvalue weighted by Crippen LogP contribution is -2.46. The van der Waals surface area contributed by atoms with Crippen LogP contribution in [0.5, 0.6) is 11.5 Å². The van der Waals surface area contributed by atoms with E-state index in [9.17, 15) is 24.0 Å². The minimum Gasteiger partial charge on any atom is -0.492 e. The molecule has 0 fully saturated rings. The van der Waals surface area contributed by atoms with Crippen LogP contribution in [0.1, 0.15) is 71.3 Å². The number of ketones is 3. The SMILES string of the molecule is Cc1ccc(C(=O)C[C@@H](CN)C(=O)N(C)[C@@H]2C(=O)C[C@@H](C)C(=O)N[C@H](C(=O)CCC#N)Cc3ccc(OCCN)c(c3)-c3cc2ccc3OCCN)c(C)c1. The van der Waals surface area contributed by atoms with E-state index in [-0.39, 0.29) is 76.5 Å². The Morgan fingerprint density at radius 3 is 2.20 bits per heavy atom. The Morgan fingerprint density at radius 2 is 1.58 bits per heavy atom. The summed E-state index contributed by atoms with van der Waals surface area (Å²) in [6, 6.07) is 15.7. The summed E-state index contributed by atoms with van der Waals surface area (Å²) in [7, 11) is 1.49. The quantitative estimate of drug-likeness (QED) is 0.165. The molecule has 13 heteroatoms. The Morgan fingerprint density at radius 1 is 0.927 bits per heavy atom. The molecule has 13 nitrogen and oxygen atoms in total. The van der Waals surface area contributed by atoms with E-state index in [2.05, 4.69) is 5.32 Å². The van der Waals surface area contributed by atoms with Crippen molar-refractivity contribution in [1.82, 2.24) is 10.2 Å². The van der Waals surface area contributed by atoms with Crippen LogP contribution in [-0.4, -0.2) is 80.0 Å². The first kappa shape index (κ1) is 42.3. The number of ether oxygens (including phenoxy) is 2. The number of nitrogens with one attached hydrogen (secondary N) is 1. The van der Waals surface area contributed by atoms with E-state index >= 15 is 0 Å². The molecule has 4 atom stereocenters. The van der Waals surface area contributed by atoms with E-state index in [4.69, 9.17) is 31.9 Å². The molecular weight excluding hydrogens is 700 g/mol. The van der Waals surface area contributed by atoms with Crippen LogP contribution in [-0.2, 0) is 25.6 Å². The zero-order chi connectivity index (χ0) is 40.2. The third-order valence-electron chi connectivity index (χ3n) is 9.78. The van der Waals surface area contributed by atoms with E-state index in [1.54, 1.807) is 43.3 Å². The molecule has 0 saturated heterocycles. The van der Waals surface area contributed by atoms with Gasteiger partial charge in [-0.15, -0.1) is 0 Å². The number of hydrogen-bond acceptors (Lipinski definition) is 11. The van der Waals surface area contributed by atoms with Crippen molar-refractivity contribution in [3.05, 3.63) is 82.4 Å². The highest BCUT2D eigenvalue weighted by molar-refractivity contribution is 6.01. The van der Waals surface area contributed by atoms with Crippen molar-refractivity contribution in [3.8, 4) is 28.7 Å². The molecule has 0 radical (unpaired) electrons. The highest BCUT2D eigenvalue weighted by atomic mass is 16.5. The number of nitrogens with two attached hydrogens (primary N) is 3. The number of rotatable bonds is 15. The standard InChI is InChI=1S/C42H52N6O7/c1-25-7-10-31(26(2)18-25)36(50)23-30(24-46)42(53)48(4)40-29-9-12-39(55-17-15-45)33(22-29)32-20-28(8-11-38(32)54-16-14-44)21-34(35(49)6-5-13-43)47-41(52)27(3)19-37(40)51/h7-12,18,20,22,27,30,34,40H,5-6,14-17,19,21,23-24,44-46H2,1-4H3,(H,47,52)/t27-,30+,34+,40+/m1/s1. The molecule has 0 aromatic heterocycles. The Kier molecular flexibility index (Phi) is 15.2. The lowest BCUT2D eigenvalue weighted by molar-refractivity contribution is -0.142. The minimum atomic E-state index is -1.21. The molecule has 0 aliphatic carbocycles. The molecule has 0 spiro atoms. The fourth-order valence-corrected chi connectivity index (χ4v) is 6.86. The van der Waals surface area contributed by atoms with Gasteiger partial charge in [-0.2, -0.15) is 5.26 Å². The van der Waals surface area contributed by atoms with Gasteiger partial charge in [0.05, 0.1) is 18.0 Å². The monoisotopic (exact) mass is 752 g/mol. The largest absolute Gasteiger partial charge is 0.492 e. The number of carbonyl (C=O) groups excluding carboxylic acids is 5. The summed E-state index contributed by atoms with van der Waals surface area (Å²) in [6.45, 7) is 6.02. The van der Waals surface area contributed by atoms with Crippen molar-refractivity contribution in [3.63, 3.8) is 0 Å². The predicted octanol–water partition coefficient (Wildman–Crippen LogP) is 3.50. The van der Waals surface area contributed by atoms with Gasteiger partial charge in [0.2, 0.25) is 11.8 Å². The summed E-state index contributed by atoms with van der Waals surface area (Å²) < 4.78 is 12.2. The van der Waals surface area contributed by atoms with Gasteiger partial charge in [-0.1, -0.05) is 42.8 Å². The van der Waals surface area contributed by atoms with Gasteiger partial charge in [-0.3, -0.25) is 24.0 Å². The molecule has 0 unspecified atom stereocenters. The zero-order valence-electron chi connectivity index (χ0n) is 32.1. The van der Waals surface area contributed by atoms with Crippen LogP contribution in [0.4, 0.5) is 0 Å². The van der Waals surface area contributed by atoms with E-state index in [0.717, 1.165) is 11.1 Å². The van der Waals surface area contributed by atoms with E-state index in [1.165, 1.54) is 11.9 Å². The number of likely N-dealkylation sites (N-methyl/N-ethyl adjacent to an activating group) is 1. The Labute approximate surface area is 322 Å². The van der Waals surface area contributed by atoms with Crippen molar-refractivity contribution < 1.29 is 33.4 Å². The summed E-state index contributed by atoms with van der Waals surface area (Å²) in [5.74, 6) is -3.02. The maximum absolute atomic E-state index is 14.5. The molecule has 0 saturated carbocycles. The van der Waals surface area contributed by atoms with E-state index in [1.807, 2.05) is 38.1 Å². The maximum atomic E-state index is 14.5. The number of benzene rings is 3. The molecule has 4 bridgehead atoms. The highest BCUT2D eigenvalue weighted by Gasteiger charge is 2.36. The first-order valence-electron chi connectivity index (χ1n) is 18.6. The first-order valence-corrected chi connectivity index (χ1v) is 18.6. The van der Waals surface area contributed by atoms with Gasteiger partial charge < -0.3 is 36.9 Å². The highest BCUT2D eigenvalue weighted by Crippen LogP contribution is 2.40. The summed E-state index contributed by atoms with van der Waals surface area (Å²) in [4.78, 5) is 70.5. The van der Waals surface area contributed by atoms with Crippen LogP contribution in [0.2, 0.25) is 0 Å². The number of hydrogen-bond donors (Lipinski definition) is 4. The number of nitrogens with zero attached hydrogens (tertiary/aromatic N) is 2. The number of fused-ring (bicyclic) bond motifs is 5. The average molecular weight is 753 g/mol. The predicted molar refractivity (Wildman–Crippen MR) is 208 cm³/mol. The zero-order valence-corrected chi connectivity index (χ0v) is 32.1. The lowest BCUT2D eigenvalue weighted by atomic mass is 9.88. The van der Waals surface area contributed by atoms with Crippen LogP contribution in [0.3, 0.4) is 0 Å². The van der Waals surface area contributed by atoms with Gasteiger partial charge in [-0.05, 0) is 61.2 Å². The van der Waals surface area contributed by atoms with Crippen LogP contribution in [0, 0.1) is 37.0 Å². The maximum Gasteiger partial charge on any atom is 0.228 e. The Balaban J connectivity index is 1.87. The van der Waals surface area contributed by atoms with Gasteiger partial charge in [0.15, 0.2) is 17.3 Å². The fraction of sp³-hybridized carbons (Fsp3) is 0.429. The minimum absolute atomic E-state index is 0.0208. The fourth-order valence-electron chi connectivity index (χ4n) is 6.86. The first-order chi connectivity index (χ1) is 26.3. The summed E-state index contributed by atoms with van der Waals surface area (Å²) >= 11 is 0. The number of aryl methyl sites for hydroxylation is 2. The molecule has 1 heterocycles. The van der Waals surface area contributed by atoms with Crippen molar-refractivity contribution in [2.75, 3.05) is 39.9 Å². The van der Waals surface area contributed by atoms with Gasteiger partial charge in [-0.25, -0.2) is 0 Å². The van der Waals surface area contributed by atoms with Gasteiger partial charge >= 0.3 is 0 Å². The van der Waals surface area contributed by atoms with Crippen LogP contribution >= 0.6 is 0 Å². The molecule has 55 heavy (non-hydrogen) atoms. The number of Topliss-reactive ketones (excluding diaryl/α,β-unsaturated/α-hetero) is 3. The molecule has 292 valence electrons. The molecule has 4 rings (SSSR count). The van der Waals surface area contributed by atoms with Crippen molar-refractivity contribution in [2.45, 2.75) is 65.0 Å². The van der Waals surface area contributed by atoms with Crippen molar-refractivity contribution in [1.29, 1.82) is 5.26 Å². The second-order valence-electron chi connectivity index (χ2n) is 14.1. The molecule has 1 aliphatic rings. The van der Waals surface area contributed by atoms with E-state index in [0.29, 0.717) is 39.3 Å².